The number of carbonyl (C=O) groups is 1. The van der Waals surface area contributed by atoms with Crippen LogP contribution < -0.4 is 14.4 Å². The van der Waals surface area contributed by atoms with Crippen LogP contribution in [0.15, 0.2) is 77.7 Å². The van der Waals surface area contributed by atoms with Crippen molar-refractivity contribution in [3.05, 3.63) is 89.2 Å². The van der Waals surface area contributed by atoms with Crippen molar-refractivity contribution in [2.45, 2.75) is 10.6 Å². The predicted octanol–water partition coefficient (Wildman–Crippen LogP) is 4.73. The zero-order valence-corrected chi connectivity index (χ0v) is 20.8. The fourth-order valence-corrected chi connectivity index (χ4v) is 5.44. The van der Waals surface area contributed by atoms with Crippen LogP contribution in [0, 0.1) is 5.82 Å². The molecule has 34 heavy (non-hydrogen) atoms. The molecule has 0 aliphatic rings. The van der Waals surface area contributed by atoms with E-state index in [4.69, 9.17) is 16.3 Å². The summed E-state index contributed by atoms with van der Waals surface area (Å²) in [5.41, 5.74) is 0.905. The molecular formula is C24H24ClFN2O4S2. The first-order valence-corrected chi connectivity index (χ1v) is 13.3. The third kappa shape index (κ3) is 6.88. The number of sulfonamides is 1. The lowest BCUT2D eigenvalue weighted by Gasteiger charge is -2.24. The number of carbonyl (C=O) groups excluding carboxylic acids is 1. The van der Waals surface area contributed by atoms with Crippen molar-refractivity contribution >= 4 is 45.0 Å². The van der Waals surface area contributed by atoms with Crippen LogP contribution in [0.2, 0.25) is 5.02 Å². The SMILES string of the molecule is COc1ccc(S(=O)(=O)N(CC(=O)NCCSCc2ccccc2F)c2ccc(Cl)cc2)cc1. The van der Waals surface area contributed by atoms with Gasteiger partial charge in [0.1, 0.15) is 18.1 Å². The van der Waals surface area contributed by atoms with Gasteiger partial charge in [-0.2, -0.15) is 11.8 Å². The van der Waals surface area contributed by atoms with Gasteiger partial charge in [-0.1, -0.05) is 29.8 Å². The van der Waals surface area contributed by atoms with Crippen LogP contribution in [0.5, 0.6) is 5.75 Å². The Morgan fingerprint density at radius 2 is 1.74 bits per heavy atom. The largest absolute Gasteiger partial charge is 0.497 e. The lowest BCUT2D eigenvalue weighted by atomic mass is 10.2. The van der Waals surface area contributed by atoms with E-state index in [1.165, 1.54) is 37.1 Å². The lowest BCUT2D eigenvalue weighted by molar-refractivity contribution is -0.119. The first-order valence-electron chi connectivity index (χ1n) is 10.3. The molecule has 180 valence electrons. The summed E-state index contributed by atoms with van der Waals surface area (Å²) < 4.78 is 46.5. The number of hydrogen-bond donors (Lipinski definition) is 1. The molecule has 0 aliphatic heterocycles. The van der Waals surface area contributed by atoms with E-state index in [9.17, 15) is 17.6 Å². The highest BCUT2D eigenvalue weighted by Gasteiger charge is 2.27. The maximum absolute atomic E-state index is 13.7. The predicted molar refractivity (Wildman–Crippen MR) is 135 cm³/mol. The molecule has 0 aliphatic carbocycles. The molecule has 6 nitrogen and oxygen atoms in total. The molecule has 0 spiro atoms. The standard InChI is InChI=1S/C24H24ClFN2O4S2/c1-32-21-10-12-22(13-11-21)34(30,31)28(20-8-6-19(25)7-9-20)16-24(29)27-14-15-33-17-18-4-2-3-5-23(18)26/h2-13H,14-17H2,1H3,(H,27,29). The van der Waals surface area contributed by atoms with Crippen molar-refractivity contribution in [1.82, 2.24) is 5.32 Å². The number of thioether (sulfide) groups is 1. The van der Waals surface area contributed by atoms with Gasteiger partial charge in [0, 0.05) is 23.1 Å². The number of anilines is 1. The Hall–Kier alpha value is -2.75. The summed E-state index contributed by atoms with van der Waals surface area (Å²) in [4.78, 5) is 12.7. The van der Waals surface area contributed by atoms with E-state index in [-0.39, 0.29) is 10.7 Å². The van der Waals surface area contributed by atoms with Gasteiger partial charge in [0.15, 0.2) is 0 Å². The summed E-state index contributed by atoms with van der Waals surface area (Å²) in [6.45, 7) is -0.0943. The highest BCUT2D eigenvalue weighted by Crippen LogP contribution is 2.26. The summed E-state index contributed by atoms with van der Waals surface area (Å²) in [6, 6.07) is 18.7. The number of halogens is 2. The minimum absolute atomic E-state index is 0.0245. The van der Waals surface area contributed by atoms with Gasteiger partial charge < -0.3 is 10.1 Å². The summed E-state index contributed by atoms with van der Waals surface area (Å²) in [5, 5.41) is 3.18. The number of rotatable bonds is 11. The van der Waals surface area contributed by atoms with E-state index in [0.29, 0.717) is 40.1 Å². The number of ether oxygens (including phenoxy) is 1. The van der Waals surface area contributed by atoms with Gasteiger partial charge in [-0.15, -0.1) is 0 Å². The van der Waals surface area contributed by atoms with E-state index in [1.807, 2.05) is 0 Å². The molecule has 1 N–H and O–H groups in total. The Bertz CT molecular complexity index is 1210. The fourth-order valence-electron chi connectivity index (χ4n) is 3.04. The van der Waals surface area contributed by atoms with Crippen molar-refractivity contribution in [2.75, 3.05) is 30.3 Å². The Morgan fingerprint density at radius 1 is 1.06 bits per heavy atom. The summed E-state index contributed by atoms with van der Waals surface area (Å²) in [6.07, 6.45) is 0. The Morgan fingerprint density at radius 3 is 2.38 bits per heavy atom. The van der Waals surface area contributed by atoms with Gasteiger partial charge in [0.05, 0.1) is 17.7 Å². The second-order valence-electron chi connectivity index (χ2n) is 7.16. The van der Waals surface area contributed by atoms with E-state index in [0.717, 1.165) is 4.31 Å². The lowest BCUT2D eigenvalue weighted by Crippen LogP contribution is -2.41. The Labute approximate surface area is 208 Å². The molecule has 3 rings (SSSR count). The normalized spacial score (nSPS) is 11.1. The minimum atomic E-state index is -4.04. The van der Waals surface area contributed by atoms with Crippen LogP contribution in [0.25, 0.3) is 0 Å². The molecule has 3 aromatic rings. The number of nitrogens with one attached hydrogen (secondary N) is 1. The average molecular weight is 523 g/mol. The van der Waals surface area contributed by atoms with Crippen LogP contribution in [0.1, 0.15) is 5.56 Å². The van der Waals surface area contributed by atoms with Crippen LogP contribution in [0.3, 0.4) is 0 Å². The monoisotopic (exact) mass is 522 g/mol. The summed E-state index contributed by atoms with van der Waals surface area (Å²) >= 11 is 7.42. The first kappa shape index (κ1) is 25.9. The van der Waals surface area contributed by atoms with E-state index in [1.54, 1.807) is 54.6 Å². The maximum Gasteiger partial charge on any atom is 0.264 e. The van der Waals surface area contributed by atoms with Crippen molar-refractivity contribution in [3.63, 3.8) is 0 Å². The third-order valence-corrected chi connectivity index (χ3v) is 7.88. The van der Waals surface area contributed by atoms with E-state index < -0.39 is 22.5 Å². The van der Waals surface area contributed by atoms with Crippen molar-refractivity contribution in [2.24, 2.45) is 0 Å². The van der Waals surface area contributed by atoms with Crippen LogP contribution in [-0.2, 0) is 20.6 Å². The smallest absolute Gasteiger partial charge is 0.264 e. The quantitative estimate of drug-likeness (QED) is 0.368. The zero-order valence-electron chi connectivity index (χ0n) is 18.4. The Balaban J connectivity index is 1.66. The number of nitrogens with zero attached hydrogens (tertiary/aromatic N) is 1. The zero-order chi connectivity index (χ0) is 24.6. The van der Waals surface area contributed by atoms with Crippen LogP contribution >= 0.6 is 23.4 Å². The molecule has 1 amide bonds. The minimum Gasteiger partial charge on any atom is -0.497 e. The molecule has 0 aromatic heterocycles. The third-order valence-electron chi connectivity index (χ3n) is 4.83. The van der Waals surface area contributed by atoms with Gasteiger partial charge in [-0.25, -0.2) is 12.8 Å². The second kappa shape index (κ2) is 12.1. The summed E-state index contributed by atoms with van der Waals surface area (Å²) in [7, 11) is -2.55. The molecule has 0 radical (unpaired) electrons. The molecule has 0 heterocycles. The molecule has 0 bridgehead atoms. The van der Waals surface area contributed by atoms with Gasteiger partial charge in [0.25, 0.3) is 10.0 Å². The second-order valence-corrected chi connectivity index (χ2v) is 10.6. The number of hydrogen-bond acceptors (Lipinski definition) is 5. The van der Waals surface area contributed by atoms with Gasteiger partial charge in [-0.3, -0.25) is 9.10 Å². The molecule has 3 aromatic carbocycles. The molecule has 0 atom stereocenters. The Kier molecular flexibility index (Phi) is 9.20. The molecule has 10 heteroatoms. The number of benzene rings is 3. The van der Waals surface area contributed by atoms with Gasteiger partial charge >= 0.3 is 0 Å². The first-order chi connectivity index (χ1) is 16.3. The van der Waals surface area contributed by atoms with Gasteiger partial charge in [-0.05, 0) is 60.2 Å². The molecular weight excluding hydrogens is 499 g/mol. The maximum atomic E-state index is 13.7. The van der Waals surface area contributed by atoms with E-state index in [2.05, 4.69) is 5.32 Å². The van der Waals surface area contributed by atoms with E-state index >= 15 is 0 Å². The van der Waals surface area contributed by atoms with Crippen molar-refractivity contribution in [1.29, 1.82) is 0 Å². The van der Waals surface area contributed by atoms with Crippen LogP contribution in [0.4, 0.5) is 10.1 Å². The fraction of sp³-hybridized carbons (Fsp3) is 0.208. The van der Waals surface area contributed by atoms with Crippen molar-refractivity contribution < 1.29 is 22.3 Å². The molecule has 0 fully saturated rings. The molecule has 0 saturated heterocycles. The highest BCUT2D eigenvalue weighted by molar-refractivity contribution is 7.98. The van der Waals surface area contributed by atoms with Crippen molar-refractivity contribution in [3.8, 4) is 5.75 Å². The molecule has 0 saturated carbocycles. The topological polar surface area (TPSA) is 75.7 Å². The van der Waals surface area contributed by atoms with Gasteiger partial charge in [0.2, 0.25) is 5.91 Å². The summed E-state index contributed by atoms with van der Waals surface area (Å²) in [5.74, 6) is 0.819. The average Bonchev–Trinajstić information content (AvgIpc) is 2.84. The highest BCUT2D eigenvalue weighted by atomic mass is 35.5. The molecule has 0 unspecified atom stereocenters. The number of amides is 1. The van der Waals surface area contributed by atoms with Crippen LogP contribution in [-0.4, -0.2) is 40.3 Å². The number of methoxy groups -OCH3 is 1.